The van der Waals surface area contributed by atoms with Crippen LogP contribution in [0, 0.1) is 0 Å². The number of aliphatic hydroxyl groups is 1. The highest BCUT2D eigenvalue weighted by Crippen LogP contribution is 2.34. The second kappa shape index (κ2) is 6.40. The fraction of sp³-hybridized carbons (Fsp3) is 0.625. The Kier molecular flexibility index (Phi) is 4.83. The number of ether oxygens (including phenoxy) is 2. The normalized spacial score (nSPS) is 27.2. The van der Waals surface area contributed by atoms with Gasteiger partial charge in [-0.05, 0) is 43.4 Å². The summed E-state index contributed by atoms with van der Waals surface area (Å²) in [5.74, 6) is 0.870. The third kappa shape index (κ3) is 3.48. The zero-order chi connectivity index (χ0) is 13.7. The Balaban J connectivity index is 1.95. The van der Waals surface area contributed by atoms with Crippen LogP contribution in [0.3, 0.4) is 0 Å². The summed E-state index contributed by atoms with van der Waals surface area (Å²) in [6, 6.07) is 8.06. The molecule has 2 atom stereocenters. The molecule has 3 nitrogen and oxygen atoms in total. The predicted molar refractivity (Wildman–Crippen MR) is 75.5 cm³/mol. The van der Waals surface area contributed by atoms with Crippen molar-refractivity contribution in [2.45, 2.75) is 50.2 Å². The summed E-state index contributed by atoms with van der Waals surface area (Å²) in [6.07, 6.45) is 5.69. The number of hydrogen-bond acceptors (Lipinski definition) is 3. The lowest BCUT2D eigenvalue weighted by Gasteiger charge is -2.39. The Morgan fingerprint density at radius 2 is 1.95 bits per heavy atom. The van der Waals surface area contributed by atoms with Crippen molar-refractivity contribution >= 4 is 0 Å². The number of methoxy groups -OCH3 is 2. The van der Waals surface area contributed by atoms with E-state index in [9.17, 15) is 5.11 Å². The van der Waals surface area contributed by atoms with E-state index in [-0.39, 0.29) is 6.10 Å². The van der Waals surface area contributed by atoms with Crippen molar-refractivity contribution < 1.29 is 14.6 Å². The van der Waals surface area contributed by atoms with Crippen LogP contribution in [-0.4, -0.2) is 31.0 Å². The minimum absolute atomic E-state index is 0.0144. The van der Waals surface area contributed by atoms with E-state index in [0.717, 1.165) is 44.3 Å². The molecule has 1 N–H and O–H groups in total. The largest absolute Gasteiger partial charge is 0.497 e. The molecule has 106 valence electrons. The summed E-state index contributed by atoms with van der Waals surface area (Å²) in [5, 5.41) is 10.7. The molecule has 3 heteroatoms. The Bertz CT molecular complexity index is 387. The molecule has 1 aromatic rings. The lowest BCUT2D eigenvalue weighted by molar-refractivity contribution is -0.120. The van der Waals surface area contributed by atoms with Gasteiger partial charge < -0.3 is 14.6 Å². The van der Waals surface area contributed by atoms with E-state index in [4.69, 9.17) is 9.47 Å². The minimum Gasteiger partial charge on any atom is -0.497 e. The monoisotopic (exact) mass is 264 g/mol. The smallest absolute Gasteiger partial charge is 0.118 e. The molecular weight excluding hydrogens is 240 g/mol. The highest BCUT2D eigenvalue weighted by Gasteiger charge is 2.38. The maximum Gasteiger partial charge on any atom is 0.118 e. The van der Waals surface area contributed by atoms with Crippen LogP contribution in [-0.2, 0) is 11.2 Å². The van der Waals surface area contributed by atoms with Crippen LogP contribution in [0.4, 0.5) is 0 Å². The van der Waals surface area contributed by atoms with E-state index in [1.54, 1.807) is 14.2 Å². The Labute approximate surface area is 115 Å². The Hall–Kier alpha value is -1.06. The topological polar surface area (TPSA) is 38.7 Å². The van der Waals surface area contributed by atoms with Gasteiger partial charge in [0.25, 0.3) is 0 Å². The van der Waals surface area contributed by atoms with E-state index in [1.165, 1.54) is 5.56 Å². The summed E-state index contributed by atoms with van der Waals surface area (Å²) >= 11 is 0. The number of rotatable bonds is 5. The van der Waals surface area contributed by atoms with Crippen molar-refractivity contribution in [2.24, 2.45) is 0 Å². The van der Waals surface area contributed by atoms with Gasteiger partial charge in [0, 0.05) is 7.11 Å². The third-order valence-electron chi connectivity index (χ3n) is 4.22. The molecule has 0 aromatic heterocycles. The average Bonchev–Trinajstić information content (AvgIpc) is 2.46. The second-order valence-electron chi connectivity index (χ2n) is 5.42. The zero-order valence-electron chi connectivity index (χ0n) is 11.9. The van der Waals surface area contributed by atoms with Crippen LogP contribution in [0.5, 0.6) is 5.75 Å². The van der Waals surface area contributed by atoms with Gasteiger partial charge in [-0.15, -0.1) is 0 Å². The van der Waals surface area contributed by atoms with Gasteiger partial charge in [0.2, 0.25) is 0 Å². The maximum atomic E-state index is 10.7. The SMILES string of the molecule is COc1ccc(CCC2(O)CCCCC2OC)cc1. The average molecular weight is 264 g/mol. The molecule has 0 bridgehead atoms. The summed E-state index contributed by atoms with van der Waals surface area (Å²) in [7, 11) is 3.37. The maximum absolute atomic E-state index is 10.7. The molecular formula is C16H24O3. The first-order valence-electron chi connectivity index (χ1n) is 7.06. The first-order chi connectivity index (χ1) is 9.18. The molecule has 2 unspecified atom stereocenters. The molecule has 0 spiro atoms. The molecule has 1 aliphatic carbocycles. The summed E-state index contributed by atoms with van der Waals surface area (Å²) < 4.78 is 10.6. The molecule has 0 radical (unpaired) electrons. The first kappa shape index (κ1) is 14.4. The fourth-order valence-corrected chi connectivity index (χ4v) is 2.97. The summed E-state index contributed by atoms with van der Waals surface area (Å²) in [5.41, 5.74) is 0.571. The van der Waals surface area contributed by atoms with Gasteiger partial charge in [-0.1, -0.05) is 25.0 Å². The van der Waals surface area contributed by atoms with Crippen molar-refractivity contribution in [1.82, 2.24) is 0 Å². The van der Waals surface area contributed by atoms with Gasteiger partial charge in [0.1, 0.15) is 5.75 Å². The first-order valence-corrected chi connectivity index (χ1v) is 7.06. The molecule has 0 amide bonds. The highest BCUT2D eigenvalue weighted by atomic mass is 16.5. The zero-order valence-corrected chi connectivity index (χ0v) is 11.9. The van der Waals surface area contributed by atoms with Crippen LogP contribution < -0.4 is 4.74 Å². The molecule has 1 fully saturated rings. The number of aryl methyl sites for hydroxylation is 1. The van der Waals surface area contributed by atoms with Crippen LogP contribution >= 0.6 is 0 Å². The van der Waals surface area contributed by atoms with E-state index < -0.39 is 5.60 Å². The van der Waals surface area contributed by atoms with Crippen LogP contribution in [0.25, 0.3) is 0 Å². The number of hydrogen-bond donors (Lipinski definition) is 1. The van der Waals surface area contributed by atoms with Gasteiger partial charge in [0.15, 0.2) is 0 Å². The van der Waals surface area contributed by atoms with Crippen molar-refractivity contribution in [3.8, 4) is 5.75 Å². The molecule has 1 aromatic carbocycles. The van der Waals surface area contributed by atoms with Crippen LogP contribution in [0.15, 0.2) is 24.3 Å². The molecule has 0 heterocycles. The minimum atomic E-state index is -0.660. The quantitative estimate of drug-likeness (QED) is 0.888. The van der Waals surface area contributed by atoms with Gasteiger partial charge >= 0.3 is 0 Å². The lowest BCUT2D eigenvalue weighted by Crippen LogP contribution is -2.46. The highest BCUT2D eigenvalue weighted by molar-refractivity contribution is 5.27. The third-order valence-corrected chi connectivity index (χ3v) is 4.22. The molecule has 0 aliphatic heterocycles. The molecule has 1 saturated carbocycles. The standard InChI is InChI=1S/C16H24O3/c1-18-14-8-6-13(7-9-14)10-12-16(17)11-4-3-5-15(16)19-2/h6-9,15,17H,3-5,10-12H2,1-2H3. The van der Waals surface area contributed by atoms with E-state index in [1.807, 2.05) is 12.1 Å². The van der Waals surface area contributed by atoms with Crippen LogP contribution in [0.2, 0.25) is 0 Å². The molecule has 2 rings (SSSR count). The van der Waals surface area contributed by atoms with Crippen molar-refractivity contribution in [2.75, 3.05) is 14.2 Å². The number of benzene rings is 1. The molecule has 0 saturated heterocycles. The van der Waals surface area contributed by atoms with Gasteiger partial charge in [-0.3, -0.25) is 0 Å². The summed E-state index contributed by atoms with van der Waals surface area (Å²) in [6.45, 7) is 0. The van der Waals surface area contributed by atoms with Gasteiger partial charge in [-0.25, -0.2) is 0 Å². The Morgan fingerprint density at radius 1 is 1.21 bits per heavy atom. The van der Waals surface area contributed by atoms with Crippen LogP contribution in [0.1, 0.15) is 37.7 Å². The van der Waals surface area contributed by atoms with Crippen molar-refractivity contribution in [3.63, 3.8) is 0 Å². The van der Waals surface area contributed by atoms with E-state index >= 15 is 0 Å². The lowest BCUT2D eigenvalue weighted by atomic mass is 9.78. The van der Waals surface area contributed by atoms with E-state index in [0.29, 0.717) is 0 Å². The predicted octanol–water partition coefficient (Wildman–Crippen LogP) is 2.95. The fourth-order valence-electron chi connectivity index (χ4n) is 2.97. The van der Waals surface area contributed by atoms with Crippen molar-refractivity contribution in [1.29, 1.82) is 0 Å². The second-order valence-corrected chi connectivity index (χ2v) is 5.42. The molecule has 1 aliphatic rings. The van der Waals surface area contributed by atoms with E-state index in [2.05, 4.69) is 12.1 Å². The van der Waals surface area contributed by atoms with Gasteiger partial charge in [0.05, 0.1) is 18.8 Å². The van der Waals surface area contributed by atoms with Gasteiger partial charge in [-0.2, -0.15) is 0 Å². The summed E-state index contributed by atoms with van der Waals surface area (Å²) in [4.78, 5) is 0. The Morgan fingerprint density at radius 3 is 2.58 bits per heavy atom. The molecule has 19 heavy (non-hydrogen) atoms. The van der Waals surface area contributed by atoms with Crippen molar-refractivity contribution in [3.05, 3.63) is 29.8 Å².